The average Bonchev–Trinajstić information content (AvgIpc) is 2.96. The number of rotatable bonds is 5. The highest BCUT2D eigenvalue weighted by atomic mass is 32.2. The molecule has 1 unspecified atom stereocenters. The van der Waals surface area contributed by atoms with Gasteiger partial charge in [0.15, 0.2) is 16.7 Å². The number of phenols is 1. The number of carbonyl (C=O) groups is 1. The zero-order valence-electron chi connectivity index (χ0n) is 14.5. The van der Waals surface area contributed by atoms with Gasteiger partial charge in [-0.3, -0.25) is 4.79 Å². The van der Waals surface area contributed by atoms with E-state index in [1.165, 1.54) is 36.7 Å². The molecule has 0 bridgehead atoms. The van der Waals surface area contributed by atoms with E-state index in [4.69, 9.17) is 4.74 Å². The Balaban J connectivity index is 1.64. The lowest BCUT2D eigenvalue weighted by Crippen LogP contribution is -2.25. The van der Waals surface area contributed by atoms with Crippen LogP contribution in [0.2, 0.25) is 0 Å². The predicted octanol–water partition coefficient (Wildman–Crippen LogP) is 2.87. The number of amidine groups is 1. The van der Waals surface area contributed by atoms with Crippen molar-refractivity contribution in [3.8, 4) is 11.5 Å². The zero-order chi connectivity index (χ0) is 18.5. The van der Waals surface area contributed by atoms with Crippen LogP contribution >= 0.6 is 11.8 Å². The zero-order valence-corrected chi connectivity index (χ0v) is 15.3. The molecule has 1 heterocycles. The van der Waals surface area contributed by atoms with Crippen LogP contribution in [0.1, 0.15) is 16.7 Å². The van der Waals surface area contributed by atoms with Crippen molar-refractivity contribution in [1.82, 2.24) is 5.32 Å². The van der Waals surface area contributed by atoms with Crippen molar-refractivity contribution in [2.24, 2.45) is 10.2 Å². The Morgan fingerprint density at radius 2 is 2.15 bits per heavy atom. The van der Waals surface area contributed by atoms with Crippen molar-refractivity contribution >= 4 is 29.1 Å². The van der Waals surface area contributed by atoms with Gasteiger partial charge in [-0.25, -0.2) is 0 Å². The third-order valence-electron chi connectivity index (χ3n) is 3.84. The summed E-state index contributed by atoms with van der Waals surface area (Å²) in [5.41, 5.74) is 3.03. The molecule has 0 aliphatic carbocycles. The number of amides is 1. The first-order valence-electron chi connectivity index (χ1n) is 8.06. The summed E-state index contributed by atoms with van der Waals surface area (Å²) in [5, 5.41) is 20.7. The largest absolute Gasteiger partial charge is 0.504 e. The van der Waals surface area contributed by atoms with Crippen molar-refractivity contribution in [3.63, 3.8) is 0 Å². The van der Waals surface area contributed by atoms with Crippen LogP contribution in [-0.2, 0) is 11.2 Å². The maximum Gasteiger partial charge on any atom is 0.239 e. The Hall–Kier alpha value is -2.80. The number of thioether (sulfide) groups is 1. The summed E-state index contributed by atoms with van der Waals surface area (Å²) in [6.07, 6.45) is 2.19. The summed E-state index contributed by atoms with van der Waals surface area (Å²) in [6.45, 7) is 2.03. The fraction of sp³-hybridized carbons (Fsp3) is 0.211. The van der Waals surface area contributed by atoms with Gasteiger partial charge in [-0.05, 0) is 42.7 Å². The molecular formula is C19H19N3O3S. The molecule has 26 heavy (non-hydrogen) atoms. The molecule has 0 saturated carbocycles. The predicted molar refractivity (Wildman–Crippen MR) is 104 cm³/mol. The first kappa shape index (κ1) is 18.0. The maximum atomic E-state index is 12.1. The Morgan fingerprint density at radius 1 is 1.31 bits per heavy atom. The normalized spacial score (nSPS) is 18.5. The molecule has 1 aliphatic heterocycles. The number of methoxy groups -OCH3 is 1. The summed E-state index contributed by atoms with van der Waals surface area (Å²) in [4.78, 5) is 12.1. The van der Waals surface area contributed by atoms with Crippen molar-refractivity contribution < 1.29 is 14.6 Å². The van der Waals surface area contributed by atoms with Crippen LogP contribution in [0.15, 0.2) is 52.7 Å². The molecule has 2 aromatic carbocycles. The molecule has 0 spiro atoms. The van der Waals surface area contributed by atoms with Crippen molar-refractivity contribution in [2.75, 3.05) is 7.11 Å². The molecule has 1 aliphatic rings. The highest BCUT2D eigenvalue weighted by Crippen LogP contribution is 2.26. The quantitative estimate of drug-likeness (QED) is 0.627. The van der Waals surface area contributed by atoms with E-state index < -0.39 is 0 Å². The van der Waals surface area contributed by atoms with Gasteiger partial charge >= 0.3 is 0 Å². The lowest BCUT2D eigenvalue weighted by atomic mass is 10.1. The van der Waals surface area contributed by atoms with Crippen molar-refractivity contribution in [3.05, 3.63) is 59.2 Å². The SMILES string of the molecule is COc1cc(/C=N/N=C2\NC(=O)C(Cc3cccc(C)c3)S2)ccc1O. The molecule has 1 atom stereocenters. The van der Waals surface area contributed by atoms with Gasteiger partial charge in [-0.2, -0.15) is 5.10 Å². The van der Waals surface area contributed by atoms with E-state index in [9.17, 15) is 9.90 Å². The van der Waals surface area contributed by atoms with Gasteiger partial charge in [0.05, 0.1) is 18.6 Å². The molecule has 0 radical (unpaired) electrons. The van der Waals surface area contributed by atoms with Crippen molar-refractivity contribution in [2.45, 2.75) is 18.6 Å². The van der Waals surface area contributed by atoms with Crippen LogP contribution in [-0.4, -0.2) is 34.8 Å². The maximum absolute atomic E-state index is 12.1. The minimum atomic E-state index is -0.209. The van der Waals surface area contributed by atoms with Crippen LogP contribution in [0.3, 0.4) is 0 Å². The van der Waals surface area contributed by atoms with Gasteiger partial charge in [0.1, 0.15) is 0 Å². The second kappa shape index (κ2) is 8.05. The van der Waals surface area contributed by atoms with Gasteiger partial charge < -0.3 is 15.2 Å². The van der Waals surface area contributed by atoms with E-state index in [1.807, 2.05) is 25.1 Å². The standard InChI is InChI=1S/C19H19N3O3S/c1-12-4-3-5-13(8-12)10-17-18(24)21-19(26-17)22-20-11-14-6-7-15(23)16(9-14)25-2/h3-9,11,17,23H,10H2,1-2H3,(H,21,22,24)/b20-11+. The summed E-state index contributed by atoms with van der Waals surface area (Å²) in [5.74, 6) is 0.369. The molecule has 0 aromatic heterocycles. The number of aromatic hydroxyl groups is 1. The van der Waals surface area contributed by atoms with E-state index in [0.29, 0.717) is 17.3 Å². The van der Waals surface area contributed by atoms with Crippen LogP contribution < -0.4 is 10.1 Å². The van der Waals surface area contributed by atoms with Gasteiger partial charge in [0, 0.05) is 0 Å². The summed E-state index contributed by atoms with van der Waals surface area (Å²) in [7, 11) is 1.48. The van der Waals surface area contributed by atoms with Crippen molar-refractivity contribution in [1.29, 1.82) is 0 Å². The van der Waals surface area contributed by atoms with E-state index >= 15 is 0 Å². The number of nitrogens with zero attached hydrogens (tertiary/aromatic N) is 2. The molecule has 1 saturated heterocycles. The molecule has 134 valence electrons. The number of phenolic OH excluding ortho intramolecular Hbond substituents is 1. The van der Waals surface area contributed by atoms with E-state index in [1.54, 1.807) is 12.1 Å². The Labute approximate surface area is 156 Å². The van der Waals surface area contributed by atoms with Crippen LogP contribution in [0.5, 0.6) is 11.5 Å². The lowest BCUT2D eigenvalue weighted by molar-refractivity contribution is -0.118. The smallest absolute Gasteiger partial charge is 0.239 e. The topological polar surface area (TPSA) is 83.3 Å². The number of carbonyl (C=O) groups excluding carboxylic acids is 1. The highest BCUT2D eigenvalue weighted by molar-refractivity contribution is 8.15. The van der Waals surface area contributed by atoms with Gasteiger partial charge in [-0.15, -0.1) is 5.10 Å². The second-order valence-corrected chi connectivity index (χ2v) is 7.06. The van der Waals surface area contributed by atoms with Crippen LogP contribution in [0, 0.1) is 6.92 Å². The third kappa shape index (κ3) is 4.43. The van der Waals surface area contributed by atoms with E-state index in [0.717, 1.165) is 11.1 Å². The van der Waals surface area contributed by atoms with Gasteiger partial charge in [-0.1, -0.05) is 41.6 Å². The summed E-state index contributed by atoms with van der Waals surface area (Å²) in [6, 6.07) is 13.0. The number of hydrogen-bond donors (Lipinski definition) is 2. The van der Waals surface area contributed by atoms with E-state index in [2.05, 4.69) is 21.6 Å². The molecule has 6 nitrogen and oxygen atoms in total. The van der Waals surface area contributed by atoms with Gasteiger partial charge in [0.25, 0.3) is 0 Å². The summed E-state index contributed by atoms with van der Waals surface area (Å²) >= 11 is 1.38. The van der Waals surface area contributed by atoms with Crippen LogP contribution in [0.4, 0.5) is 0 Å². The second-order valence-electron chi connectivity index (χ2n) is 5.87. The molecule has 1 amide bonds. The lowest BCUT2D eigenvalue weighted by Gasteiger charge is -2.05. The first-order valence-corrected chi connectivity index (χ1v) is 8.94. The summed E-state index contributed by atoms with van der Waals surface area (Å²) < 4.78 is 5.05. The molecule has 1 fully saturated rings. The molecule has 7 heteroatoms. The number of benzene rings is 2. The number of aryl methyl sites for hydroxylation is 1. The van der Waals surface area contributed by atoms with Crippen LogP contribution in [0.25, 0.3) is 0 Å². The highest BCUT2D eigenvalue weighted by Gasteiger charge is 2.30. The minimum Gasteiger partial charge on any atom is -0.504 e. The van der Waals surface area contributed by atoms with E-state index in [-0.39, 0.29) is 16.9 Å². The fourth-order valence-electron chi connectivity index (χ4n) is 2.56. The number of hydrogen-bond acceptors (Lipinski definition) is 6. The molecular weight excluding hydrogens is 350 g/mol. The molecule has 2 aromatic rings. The molecule has 3 rings (SSSR count). The number of nitrogens with one attached hydrogen (secondary N) is 1. The Bertz CT molecular complexity index is 880. The first-order chi connectivity index (χ1) is 12.5. The third-order valence-corrected chi connectivity index (χ3v) is 4.91. The fourth-order valence-corrected chi connectivity index (χ4v) is 3.53. The minimum absolute atomic E-state index is 0.0586. The Morgan fingerprint density at radius 3 is 2.92 bits per heavy atom. The molecule has 2 N–H and O–H groups in total. The number of ether oxygens (including phenoxy) is 1. The van der Waals surface area contributed by atoms with Gasteiger partial charge in [0.2, 0.25) is 5.91 Å². The Kier molecular flexibility index (Phi) is 5.58. The average molecular weight is 369 g/mol. The monoisotopic (exact) mass is 369 g/mol.